The van der Waals surface area contributed by atoms with Crippen molar-refractivity contribution in [2.24, 2.45) is 5.73 Å². The second kappa shape index (κ2) is 6.21. The first-order chi connectivity index (χ1) is 11.5. The van der Waals surface area contributed by atoms with Crippen LogP contribution in [-0.4, -0.2) is 19.9 Å². The van der Waals surface area contributed by atoms with Gasteiger partial charge in [-0.1, -0.05) is 30.3 Å². The van der Waals surface area contributed by atoms with E-state index in [1.54, 1.807) is 6.07 Å². The molecule has 2 aromatic rings. The smallest absolute Gasteiger partial charge is 0.289 e. The lowest BCUT2D eigenvalue weighted by Crippen LogP contribution is -2.36. The quantitative estimate of drug-likeness (QED) is 0.674. The normalized spacial score (nSPS) is 14.3. The fourth-order valence-corrected chi connectivity index (χ4v) is 4.78. The second-order valence-electron chi connectivity index (χ2n) is 5.53. The zero-order valence-electron chi connectivity index (χ0n) is 12.9. The largest absolute Gasteiger partial charge is 0.326 e. The standard InChI is InChI=1S/C16H17N3O4S/c17-11-13-6-3-5-12-7-4-10-18(16(12)13)24(22,23)15-9-2-1-8-14(15)19(20)21/h1-3,5-6,8-9H,4,7,10-11,17H2. The summed E-state index contributed by atoms with van der Waals surface area (Å²) in [5, 5.41) is 11.2. The molecule has 126 valence electrons. The molecule has 0 atom stereocenters. The number of nitrogens with zero attached hydrogens (tertiary/aromatic N) is 2. The van der Waals surface area contributed by atoms with E-state index in [1.807, 2.05) is 12.1 Å². The van der Waals surface area contributed by atoms with Gasteiger partial charge in [-0.05, 0) is 30.0 Å². The predicted molar refractivity (Wildman–Crippen MR) is 90.3 cm³/mol. The van der Waals surface area contributed by atoms with Crippen LogP contribution in [0.4, 0.5) is 11.4 Å². The Balaban J connectivity index is 2.20. The Hall–Kier alpha value is -2.45. The number of nitro benzene ring substituents is 1. The van der Waals surface area contributed by atoms with Crippen molar-refractivity contribution >= 4 is 21.4 Å². The number of fused-ring (bicyclic) bond motifs is 1. The molecule has 0 fully saturated rings. The Morgan fingerprint density at radius 2 is 1.92 bits per heavy atom. The summed E-state index contributed by atoms with van der Waals surface area (Å²) in [7, 11) is -4.05. The molecule has 0 unspecified atom stereocenters. The average Bonchev–Trinajstić information content (AvgIpc) is 2.60. The van der Waals surface area contributed by atoms with Crippen LogP contribution < -0.4 is 10.0 Å². The third kappa shape index (κ3) is 2.63. The van der Waals surface area contributed by atoms with Gasteiger partial charge in [-0.15, -0.1) is 0 Å². The van der Waals surface area contributed by atoms with Crippen molar-refractivity contribution in [1.29, 1.82) is 0 Å². The molecule has 0 saturated heterocycles. The minimum absolute atomic E-state index is 0.200. The SMILES string of the molecule is NCc1cccc2c1N(S(=O)(=O)c1ccccc1[N+](=O)[O-])CCC2. The van der Waals surface area contributed by atoms with Gasteiger partial charge < -0.3 is 5.73 Å². The van der Waals surface area contributed by atoms with Crippen molar-refractivity contribution in [2.45, 2.75) is 24.3 Å². The third-order valence-electron chi connectivity index (χ3n) is 4.11. The molecule has 1 aliphatic rings. The van der Waals surface area contributed by atoms with Gasteiger partial charge in [-0.25, -0.2) is 8.42 Å². The number of hydrogen-bond acceptors (Lipinski definition) is 5. The summed E-state index contributed by atoms with van der Waals surface area (Å²) >= 11 is 0. The van der Waals surface area contributed by atoms with E-state index < -0.39 is 20.6 Å². The third-order valence-corrected chi connectivity index (χ3v) is 5.96. The molecule has 3 rings (SSSR count). The Morgan fingerprint density at radius 3 is 2.62 bits per heavy atom. The number of benzene rings is 2. The molecule has 1 aliphatic heterocycles. The molecule has 0 aromatic heterocycles. The molecule has 2 N–H and O–H groups in total. The van der Waals surface area contributed by atoms with Crippen molar-refractivity contribution in [3.05, 3.63) is 63.7 Å². The second-order valence-corrected chi connectivity index (χ2v) is 7.37. The van der Waals surface area contributed by atoms with E-state index in [9.17, 15) is 18.5 Å². The van der Waals surface area contributed by atoms with Crippen LogP contribution in [0.25, 0.3) is 0 Å². The van der Waals surface area contributed by atoms with E-state index >= 15 is 0 Å². The molecule has 7 nitrogen and oxygen atoms in total. The Labute approximate surface area is 139 Å². The van der Waals surface area contributed by atoms with Gasteiger partial charge in [0.05, 0.1) is 10.6 Å². The molecule has 0 saturated carbocycles. The lowest BCUT2D eigenvalue weighted by Gasteiger charge is -2.32. The molecule has 1 heterocycles. The van der Waals surface area contributed by atoms with E-state index in [4.69, 9.17) is 5.73 Å². The van der Waals surface area contributed by atoms with E-state index in [0.29, 0.717) is 17.7 Å². The molecule has 24 heavy (non-hydrogen) atoms. The molecular weight excluding hydrogens is 330 g/mol. The summed E-state index contributed by atoms with van der Waals surface area (Å²) in [5.74, 6) is 0. The number of hydrogen-bond donors (Lipinski definition) is 1. The summed E-state index contributed by atoms with van der Waals surface area (Å²) in [4.78, 5) is 10.3. The monoisotopic (exact) mass is 347 g/mol. The summed E-state index contributed by atoms with van der Waals surface area (Å²) in [6.45, 7) is 0.477. The van der Waals surface area contributed by atoms with Crippen LogP contribution in [0, 0.1) is 10.1 Å². The van der Waals surface area contributed by atoms with Crippen LogP contribution in [0.2, 0.25) is 0 Å². The van der Waals surface area contributed by atoms with Crippen molar-refractivity contribution in [3.8, 4) is 0 Å². The predicted octanol–water partition coefficient (Wildman–Crippen LogP) is 2.20. The van der Waals surface area contributed by atoms with Gasteiger partial charge >= 0.3 is 0 Å². The van der Waals surface area contributed by atoms with Crippen LogP contribution in [0.15, 0.2) is 47.4 Å². The number of nitro groups is 1. The van der Waals surface area contributed by atoms with Crippen LogP contribution in [0.3, 0.4) is 0 Å². The number of para-hydroxylation sites is 2. The van der Waals surface area contributed by atoms with Gasteiger partial charge in [0.15, 0.2) is 4.90 Å². The Morgan fingerprint density at radius 1 is 1.17 bits per heavy atom. The maximum atomic E-state index is 13.1. The maximum Gasteiger partial charge on any atom is 0.289 e. The van der Waals surface area contributed by atoms with E-state index in [2.05, 4.69) is 0 Å². The van der Waals surface area contributed by atoms with Crippen LogP contribution in [-0.2, 0) is 23.0 Å². The summed E-state index contributed by atoms with van der Waals surface area (Å²) in [5.41, 5.74) is 7.52. The number of anilines is 1. The van der Waals surface area contributed by atoms with E-state index in [0.717, 1.165) is 12.0 Å². The molecule has 0 aliphatic carbocycles. The van der Waals surface area contributed by atoms with Gasteiger partial charge in [0.1, 0.15) is 0 Å². The lowest BCUT2D eigenvalue weighted by molar-refractivity contribution is -0.387. The number of rotatable bonds is 4. The number of sulfonamides is 1. The highest BCUT2D eigenvalue weighted by Gasteiger charge is 2.35. The highest BCUT2D eigenvalue weighted by Crippen LogP contribution is 2.36. The summed E-state index contributed by atoms with van der Waals surface area (Å²) in [6.07, 6.45) is 1.41. The topological polar surface area (TPSA) is 107 Å². The summed E-state index contributed by atoms with van der Waals surface area (Å²) in [6, 6.07) is 10.9. The van der Waals surface area contributed by atoms with Gasteiger partial charge in [-0.2, -0.15) is 0 Å². The highest BCUT2D eigenvalue weighted by atomic mass is 32.2. The maximum absolute atomic E-state index is 13.1. The first-order valence-corrected chi connectivity index (χ1v) is 8.98. The zero-order valence-corrected chi connectivity index (χ0v) is 13.7. The van der Waals surface area contributed by atoms with Crippen molar-refractivity contribution < 1.29 is 13.3 Å². The molecule has 0 radical (unpaired) electrons. The Bertz CT molecular complexity index is 882. The molecular formula is C16H17N3O4S. The van der Waals surface area contributed by atoms with Gasteiger partial charge in [0, 0.05) is 19.2 Å². The van der Waals surface area contributed by atoms with Crippen LogP contribution in [0.5, 0.6) is 0 Å². The van der Waals surface area contributed by atoms with Gasteiger partial charge in [0.25, 0.3) is 15.7 Å². The lowest BCUT2D eigenvalue weighted by atomic mass is 9.99. The van der Waals surface area contributed by atoms with Crippen molar-refractivity contribution in [1.82, 2.24) is 0 Å². The Kier molecular flexibility index (Phi) is 4.25. The molecule has 0 bridgehead atoms. The van der Waals surface area contributed by atoms with Crippen LogP contribution in [0.1, 0.15) is 17.5 Å². The fourth-order valence-electron chi connectivity index (χ4n) is 3.04. The molecule has 0 amide bonds. The first-order valence-electron chi connectivity index (χ1n) is 7.54. The fraction of sp³-hybridized carbons (Fsp3) is 0.250. The molecule has 0 spiro atoms. The average molecular weight is 347 g/mol. The number of aryl methyl sites for hydroxylation is 1. The first kappa shape index (κ1) is 16.4. The highest BCUT2D eigenvalue weighted by molar-refractivity contribution is 7.93. The summed E-state index contributed by atoms with van der Waals surface area (Å²) < 4.78 is 27.5. The zero-order chi connectivity index (χ0) is 17.3. The van der Waals surface area contributed by atoms with Gasteiger partial charge in [0.2, 0.25) is 0 Å². The number of nitrogens with two attached hydrogens (primary N) is 1. The van der Waals surface area contributed by atoms with E-state index in [1.165, 1.54) is 28.6 Å². The van der Waals surface area contributed by atoms with Crippen molar-refractivity contribution in [3.63, 3.8) is 0 Å². The minimum Gasteiger partial charge on any atom is -0.326 e. The van der Waals surface area contributed by atoms with Crippen LogP contribution >= 0.6 is 0 Å². The van der Waals surface area contributed by atoms with E-state index in [-0.39, 0.29) is 18.0 Å². The minimum atomic E-state index is -4.05. The molecule has 8 heteroatoms. The molecule has 2 aromatic carbocycles. The van der Waals surface area contributed by atoms with Crippen molar-refractivity contribution in [2.75, 3.05) is 10.8 Å². The van der Waals surface area contributed by atoms with Gasteiger partial charge in [-0.3, -0.25) is 14.4 Å².